The summed E-state index contributed by atoms with van der Waals surface area (Å²) < 4.78 is 19.9. The van der Waals surface area contributed by atoms with Crippen LogP contribution in [0.5, 0.6) is 0 Å². The predicted octanol–water partition coefficient (Wildman–Crippen LogP) is 5.22. The van der Waals surface area contributed by atoms with Crippen molar-refractivity contribution in [3.8, 4) is 0 Å². The van der Waals surface area contributed by atoms with Gasteiger partial charge in [0.2, 0.25) is 0 Å². The van der Waals surface area contributed by atoms with Gasteiger partial charge in [-0.3, -0.25) is 0 Å². The van der Waals surface area contributed by atoms with E-state index in [4.69, 9.17) is 27.9 Å². The number of aromatic nitrogens is 1. The fourth-order valence-electron chi connectivity index (χ4n) is 1.62. The second-order valence-electron chi connectivity index (χ2n) is 3.69. The van der Waals surface area contributed by atoms with Crippen molar-refractivity contribution in [1.29, 1.82) is 0 Å². The Bertz CT molecular complexity index is 727. The standard InChI is InChI=1S/C12H6BrCl2FINO2/c1-2-20-12(19)6-8(14)4-3-5(17)7(13)9(16)10(4)18-11(6)15/h3H,2H2,1H3. The summed E-state index contributed by atoms with van der Waals surface area (Å²) >= 11 is 17.2. The molecule has 0 aliphatic heterocycles. The van der Waals surface area contributed by atoms with Gasteiger partial charge in [-0.25, -0.2) is 14.2 Å². The summed E-state index contributed by atoms with van der Waals surface area (Å²) in [5.74, 6) is -1.26. The summed E-state index contributed by atoms with van der Waals surface area (Å²) in [5, 5.41) is 0.153. The lowest BCUT2D eigenvalue weighted by Crippen LogP contribution is -2.08. The summed E-state index contributed by atoms with van der Waals surface area (Å²) in [6.45, 7) is 1.84. The molecular weight excluding hydrogens is 487 g/mol. The highest BCUT2D eigenvalue weighted by atomic mass is 127. The molecule has 0 bridgehead atoms. The molecule has 0 atom stereocenters. The second-order valence-corrected chi connectivity index (χ2v) is 6.39. The number of pyridine rings is 1. The molecule has 0 radical (unpaired) electrons. The lowest BCUT2D eigenvalue weighted by atomic mass is 10.1. The third kappa shape index (κ3) is 2.75. The molecule has 3 nitrogen and oxygen atoms in total. The molecule has 0 aliphatic rings. The molecule has 1 aromatic heterocycles. The molecule has 8 heteroatoms. The lowest BCUT2D eigenvalue weighted by Gasteiger charge is -2.10. The average molecular weight is 493 g/mol. The first-order valence-corrected chi connectivity index (χ1v) is 8.00. The smallest absolute Gasteiger partial charge is 0.342 e. The van der Waals surface area contributed by atoms with Crippen molar-refractivity contribution in [3.05, 3.63) is 35.7 Å². The van der Waals surface area contributed by atoms with Crippen molar-refractivity contribution in [2.75, 3.05) is 6.61 Å². The van der Waals surface area contributed by atoms with Crippen molar-refractivity contribution in [2.45, 2.75) is 6.92 Å². The van der Waals surface area contributed by atoms with E-state index in [1.807, 2.05) is 22.6 Å². The zero-order valence-electron chi connectivity index (χ0n) is 9.94. The molecule has 0 fully saturated rings. The van der Waals surface area contributed by atoms with Gasteiger partial charge < -0.3 is 4.74 Å². The molecule has 0 unspecified atom stereocenters. The third-order valence-electron chi connectivity index (χ3n) is 2.49. The van der Waals surface area contributed by atoms with Crippen molar-refractivity contribution < 1.29 is 13.9 Å². The van der Waals surface area contributed by atoms with E-state index in [1.54, 1.807) is 13.0 Å². The molecular formula is C12H6BrCl2FINO2. The minimum Gasteiger partial charge on any atom is -0.462 e. The lowest BCUT2D eigenvalue weighted by molar-refractivity contribution is 0.0526. The topological polar surface area (TPSA) is 39.2 Å². The van der Waals surface area contributed by atoms with Gasteiger partial charge in [0.1, 0.15) is 16.2 Å². The van der Waals surface area contributed by atoms with Gasteiger partial charge >= 0.3 is 5.97 Å². The number of benzene rings is 1. The SMILES string of the molecule is CCOC(=O)c1c(Cl)nc2c(F)c(Br)c(I)cc2c1Cl. The van der Waals surface area contributed by atoms with Gasteiger partial charge in [0, 0.05) is 8.96 Å². The van der Waals surface area contributed by atoms with Gasteiger partial charge in [-0.15, -0.1) is 0 Å². The van der Waals surface area contributed by atoms with Gasteiger partial charge in [0.05, 0.1) is 16.1 Å². The Morgan fingerprint density at radius 1 is 1.55 bits per heavy atom. The highest BCUT2D eigenvalue weighted by Gasteiger charge is 2.23. The van der Waals surface area contributed by atoms with Crippen molar-refractivity contribution in [2.24, 2.45) is 0 Å². The number of esters is 1. The predicted molar refractivity (Wildman–Crippen MR) is 88.1 cm³/mol. The molecule has 0 saturated carbocycles. The Balaban J connectivity index is 2.82. The maximum Gasteiger partial charge on any atom is 0.342 e. The van der Waals surface area contributed by atoms with Crippen molar-refractivity contribution >= 4 is 78.6 Å². The molecule has 106 valence electrons. The molecule has 1 aromatic carbocycles. The molecule has 0 amide bonds. The quantitative estimate of drug-likeness (QED) is 0.250. The van der Waals surface area contributed by atoms with Crippen LogP contribution in [0.2, 0.25) is 10.2 Å². The van der Waals surface area contributed by atoms with Gasteiger partial charge in [-0.2, -0.15) is 0 Å². The Hall–Kier alpha value is -0.180. The summed E-state index contributed by atoms with van der Waals surface area (Å²) in [7, 11) is 0. The Morgan fingerprint density at radius 3 is 2.80 bits per heavy atom. The minimum atomic E-state index is -0.685. The van der Waals surface area contributed by atoms with Crippen LogP contribution in [-0.4, -0.2) is 17.6 Å². The van der Waals surface area contributed by atoms with E-state index >= 15 is 0 Å². The van der Waals surface area contributed by atoms with Crippen molar-refractivity contribution in [3.63, 3.8) is 0 Å². The van der Waals surface area contributed by atoms with Crippen LogP contribution in [0, 0.1) is 9.39 Å². The Kier molecular flexibility index (Phi) is 5.09. The minimum absolute atomic E-state index is 0.000314. The van der Waals surface area contributed by atoms with Crippen LogP contribution in [0.4, 0.5) is 4.39 Å². The van der Waals surface area contributed by atoms with E-state index < -0.39 is 11.8 Å². The number of nitrogens with zero attached hydrogens (tertiary/aromatic N) is 1. The first-order chi connectivity index (χ1) is 9.38. The van der Waals surface area contributed by atoms with Gasteiger partial charge in [-0.1, -0.05) is 23.2 Å². The number of hydrogen-bond donors (Lipinski definition) is 0. The number of carbonyl (C=O) groups is 1. The van der Waals surface area contributed by atoms with Crippen LogP contribution < -0.4 is 0 Å². The van der Waals surface area contributed by atoms with Crippen LogP contribution in [-0.2, 0) is 4.74 Å². The molecule has 0 aliphatic carbocycles. The van der Waals surface area contributed by atoms with Crippen molar-refractivity contribution in [1.82, 2.24) is 4.98 Å². The fraction of sp³-hybridized carbons (Fsp3) is 0.167. The van der Waals surface area contributed by atoms with E-state index in [9.17, 15) is 9.18 Å². The van der Waals surface area contributed by atoms with E-state index in [1.165, 1.54) is 0 Å². The monoisotopic (exact) mass is 491 g/mol. The van der Waals surface area contributed by atoms with Gasteiger partial charge in [0.25, 0.3) is 0 Å². The molecule has 2 aromatic rings. The van der Waals surface area contributed by atoms with Gasteiger partial charge in [-0.05, 0) is 51.5 Å². The number of ether oxygens (including phenoxy) is 1. The van der Waals surface area contributed by atoms with E-state index in [0.29, 0.717) is 8.96 Å². The molecule has 1 heterocycles. The molecule has 2 rings (SSSR count). The van der Waals surface area contributed by atoms with Crippen LogP contribution in [0.1, 0.15) is 17.3 Å². The highest BCUT2D eigenvalue weighted by Crippen LogP contribution is 2.36. The zero-order valence-corrected chi connectivity index (χ0v) is 15.2. The Morgan fingerprint density at radius 2 is 2.20 bits per heavy atom. The van der Waals surface area contributed by atoms with E-state index in [0.717, 1.165) is 0 Å². The zero-order chi connectivity index (χ0) is 15.0. The third-order valence-corrected chi connectivity index (χ3v) is 5.52. The largest absolute Gasteiger partial charge is 0.462 e. The van der Waals surface area contributed by atoms with Gasteiger partial charge in [0.15, 0.2) is 5.82 Å². The summed E-state index contributed by atoms with van der Waals surface area (Å²) in [6.07, 6.45) is 0. The maximum atomic E-state index is 14.2. The number of carbonyl (C=O) groups excluding carboxylic acids is 1. The number of hydrogen-bond acceptors (Lipinski definition) is 3. The number of rotatable bonds is 2. The maximum absolute atomic E-state index is 14.2. The molecule has 0 saturated heterocycles. The van der Waals surface area contributed by atoms with E-state index in [-0.39, 0.29) is 32.3 Å². The van der Waals surface area contributed by atoms with E-state index in [2.05, 4.69) is 20.9 Å². The number of halogens is 5. The molecule has 20 heavy (non-hydrogen) atoms. The summed E-state index contributed by atoms with van der Waals surface area (Å²) in [4.78, 5) is 15.7. The summed E-state index contributed by atoms with van der Waals surface area (Å²) in [6, 6.07) is 1.62. The Labute approximate surface area is 146 Å². The normalized spacial score (nSPS) is 10.9. The second kappa shape index (κ2) is 6.29. The van der Waals surface area contributed by atoms with Crippen LogP contribution in [0.15, 0.2) is 10.5 Å². The van der Waals surface area contributed by atoms with Crippen LogP contribution in [0.25, 0.3) is 10.9 Å². The van der Waals surface area contributed by atoms with Crippen LogP contribution in [0.3, 0.4) is 0 Å². The highest BCUT2D eigenvalue weighted by molar-refractivity contribution is 14.1. The molecule has 0 spiro atoms. The molecule has 0 N–H and O–H groups in total. The first-order valence-electron chi connectivity index (χ1n) is 5.37. The number of fused-ring (bicyclic) bond motifs is 1. The first kappa shape index (κ1) is 16.2. The fourth-order valence-corrected chi connectivity index (χ4v) is 3.08. The van der Waals surface area contributed by atoms with Crippen LogP contribution >= 0.6 is 61.7 Å². The average Bonchev–Trinajstić information content (AvgIpc) is 2.38. The summed E-state index contributed by atoms with van der Waals surface area (Å²) in [5.41, 5.74) is -0.0551.